The number of unbranched alkanes of at least 4 members (excludes halogenated alkanes) is 24. The maximum absolute atomic E-state index is 7.96. The summed E-state index contributed by atoms with van der Waals surface area (Å²) in [5.74, 6) is 2.55. The molecule has 0 fully saturated rings. The molecule has 0 radical (unpaired) electrons. The standard InChI is InChI=1S/C47H80N4O4/c1-3-5-7-9-11-13-15-17-19-21-23-25-27-30-52-42-34-40(46(48)49)36-44(38-42)54-32-29-33-55-45-37-41(47(50)51)35-43(39-45)53-31-28-26-24-22-20-18-16-14-12-10-8-6-4-2/h34-39H,3-33H2,1-2H3,(H3,48,49)(H3,50,51). The summed E-state index contributed by atoms with van der Waals surface area (Å²) >= 11 is 0. The van der Waals surface area contributed by atoms with E-state index in [0.717, 1.165) is 25.7 Å². The van der Waals surface area contributed by atoms with Crippen molar-refractivity contribution in [2.45, 2.75) is 187 Å². The van der Waals surface area contributed by atoms with Gasteiger partial charge in [-0.15, -0.1) is 0 Å². The van der Waals surface area contributed by atoms with Crippen LogP contribution < -0.4 is 30.4 Å². The van der Waals surface area contributed by atoms with E-state index in [9.17, 15) is 0 Å². The molecule has 0 aliphatic carbocycles. The lowest BCUT2D eigenvalue weighted by molar-refractivity contribution is 0.244. The van der Waals surface area contributed by atoms with Gasteiger partial charge in [-0.3, -0.25) is 10.8 Å². The van der Waals surface area contributed by atoms with Gasteiger partial charge in [-0.2, -0.15) is 0 Å². The molecule has 55 heavy (non-hydrogen) atoms. The molecule has 0 amide bonds. The lowest BCUT2D eigenvalue weighted by Gasteiger charge is -2.13. The highest BCUT2D eigenvalue weighted by atomic mass is 16.5. The molecule has 8 heteroatoms. The summed E-state index contributed by atoms with van der Waals surface area (Å²) in [4.78, 5) is 0. The van der Waals surface area contributed by atoms with Crippen LogP contribution in [0.25, 0.3) is 0 Å². The summed E-state index contributed by atoms with van der Waals surface area (Å²) in [5.41, 5.74) is 12.8. The van der Waals surface area contributed by atoms with Crippen LogP contribution in [0.5, 0.6) is 23.0 Å². The first-order chi connectivity index (χ1) is 26.9. The Labute approximate surface area is 336 Å². The molecular formula is C47H80N4O4. The summed E-state index contributed by atoms with van der Waals surface area (Å²) < 4.78 is 24.2. The number of hydrogen-bond donors (Lipinski definition) is 4. The smallest absolute Gasteiger partial charge is 0.123 e. The zero-order valence-electron chi connectivity index (χ0n) is 35.2. The van der Waals surface area contributed by atoms with Crippen molar-refractivity contribution in [2.24, 2.45) is 11.5 Å². The van der Waals surface area contributed by atoms with Crippen molar-refractivity contribution in [3.05, 3.63) is 47.5 Å². The fourth-order valence-electron chi connectivity index (χ4n) is 6.85. The molecule has 0 spiro atoms. The van der Waals surface area contributed by atoms with Crippen molar-refractivity contribution >= 4 is 11.7 Å². The van der Waals surface area contributed by atoms with Gasteiger partial charge in [0, 0.05) is 29.7 Å². The number of hydrogen-bond acceptors (Lipinski definition) is 6. The molecular weight excluding hydrogens is 685 g/mol. The third kappa shape index (κ3) is 25.4. The van der Waals surface area contributed by atoms with E-state index >= 15 is 0 Å². The van der Waals surface area contributed by atoms with Crippen molar-refractivity contribution in [1.29, 1.82) is 10.8 Å². The SMILES string of the molecule is CCCCCCCCCCCCCCCOc1cc(OCCCOc2cc(OCCCCCCCCCCCCCCC)cc(C(=N)N)c2)cc(C(=N)N)c1. The third-order valence-corrected chi connectivity index (χ3v) is 10.2. The van der Waals surface area contributed by atoms with Crippen LogP contribution in [0, 0.1) is 10.8 Å². The van der Waals surface area contributed by atoms with Crippen molar-refractivity contribution in [1.82, 2.24) is 0 Å². The molecule has 2 aromatic carbocycles. The molecule has 0 unspecified atom stereocenters. The summed E-state index contributed by atoms with van der Waals surface area (Å²) in [6.45, 7) is 6.67. The van der Waals surface area contributed by atoms with Gasteiger partial charge in [0.1, 0.15) is 34.7 Å². The maximum Gasteiger partial charge on any atom is 0.123 e. The van der Waals surface area contributed by atoms with E-state index in [1.807, 2.05) is 12.1 Å². The van der Waals surface area contributed by atoms with Gasteiger partial charge < -0.3 is 30.4 Å². The van der Waals surface area contributed by atoms with Crippen LogP contribution in [-0.2, 0) is 0 Å². The predicted molar refractivity (Wildman–Crippen MR) is 233 cm³/mol. The Morgan fingerprint density at radius 2 is 0.564 bits per heavy atom. The Balaban J connectivity index is 1.63. The highest BCUT2D eigenvalue weighted by molar-refractivity contribution is 5.96. The van der Waals surface area contributed by atoms with Gasteiger partial charge in [-0.05, 0) is 37.1 Å². The van der Waals surface area contributed by atoms with Gasteiger partial charge in [-0.25, -0.2) is 0 Å². The molecule has 6 N–H and O–H groups in total. The summed E-state index contributed by atoms with van der Waals surface area (Å²) in [5, 5.41) is 15.9. The molecule has 0 aromatic heterocycles. The van der Waals surface area contributed by atoms with E-state index < -0.39 is 0 Å². The van der Waals surface area contributed by atoms with Crippen molar-refractivity contribution in [3.63, 3.8) is 0 Å². The first-order valence-electron chi connectivity index (χ1n) is 22.4. The minimum Gasteiger partial charge on any atom is -0.493 e. The maximum atomic E-state index is 7.96. The van der Waals surface area contributed by atoms with Gasteiger partial charge in [0.15, 0.2) is 0 Å². The Bertz CT molecular complexity index is 1170. The third-order valence-electron chi connectivity index (χ3n) is 10.2. The molecule has 0 saturated carbocycles. The molecule has 0 atom stereocenters. The normalized spacial score (nSPS) is 11.1. The number of rotatable bonds is 38. The Morgan fingerprint density at radius 1 is 0.345 bits per heavy atom. The van der Waals surface area contributed by atoms with Gasteiger partial charge in [0.2, 0.25) is 0 Å². The fraction of sp³-hybridized carbons (Fsp3) is 0.702. The number of nitrogens with one attached hydrogen (secondary N) is 2. The minimum atomic E-state index is -0.0166. The van der Waals surface area contributed by atoms with Crippen LogP contribution in [0.3, 0.4) is 0 Å². The molecule has 0 saturated heterocycles. The van der Waals surface area contributed by atoms with Crippen molar-refractivity contribution in [2.75, 3.05) is 26.4 Å². The number of benzene rings is 2. The molecule has 0 heterocycles. The van der Waals surface area contributed by atoms with E-state index in [1.165, 1.54) is 141 Å². The molecule has 2 aromatic rings. The van der Waals surface area contributed by atoms with Gasteiger partial charge in [-0.1, -0.05) is 168 Å². The van der Waals surface area contributed by atoms with Crippen LogP contribution >= 0.6 is 0 Å². The average Bonchev–Trinajstić information content (AvgIpc) is 3.17. The summed E-state index contributed by atoms with van der Waals surface area (Å²) in [6, 6.07) is 10.9. The average molecular weight is 765 g/mol. The molecule has 2 rings (SSSR count). The van der Waals surface area contributed by atoms with Crippen LogP contribution in [-0.4, -0.2) is 38.1 Å². The van der Waals surface area contributed by atoms with E-state index in [2.05, 4.69) is 13.8 Å². The lowest BCUT2D eigenvalue weighted by Crippen LogP contribution is -2.13. The first-order valence-corrected chi connectivity index (χ1v) is 22.4. The van der Waals surface area contributed by atoms with Crippen molar-refractivity contribution < 1.29 is 18.9 Å². The van der Waals surface area contributed by atoms with Crippen LogP contribution in [0.2, 0.25) is 0 Å². The first kappa shape index (κ1) is 47.7. The second-order valence-corrected chi connectivity index (χ2v) is 15.4. The number of nitrogens with two attached hydrogens (primary N) is 2. The quantitative estimate of drug-likeness (QED) is 0.0305. The Hall–Kier alpha value is -3.42. The van der Waals surface area contributed by atoms with E-state index in [0.29, 0.717) is 67.0 Å². The summed E-state index contributed by atoms with van der Waals surface area (Å²) in [6.07, 6.45) is 34.8. The molecule has 8 nitrogen and oxygen atoms in total. The molecule has 312 valence electrons. The van der Waals surface area contributed by atoms with E-state index in [-0.39, 0.29) is 11.7 Å². The zero-order chi connectivity index (χ0) is 39.6. The summed E-state index contributed by atoms with van der Waals surface area (Å²) in [7, 11) is 0. The number of nitrogen functional groups attached to an aromatic ring is 2. The number of amidine groups is 2. The molecule has 0 aliphatic heterocycles. The van der Waals surface area contributed by atoms with Crippen molar-refractivity contribution in [3.8, 4) is 23.0 Å². The second-order valence-electron chi connectivity index (χ2n) is 15.4. The van der Waals surface area contributed by atoms with E-state index in [1.54, 1.807) is 24.3 Å². The topological polar surface area (TPSA) is 137 Å². The fourth-order valence-corrected chi connectivity index (χ4v) is 6.85. The Kier molecular flexibility index (Phi) is 28.5. The largest absolute Gasteiger partial charge is 0.493 e. The predicted octanol–water partition coefficient (Wildman–Crippen LogP) is 13.0. The highest BCUT2D eigenvalue weighted by Crippen LogP contribution is 2.26. The minimum absolute atomic E-state index is 0.0166. The molecule has 0 aliphatic rings. The number of ether oxygens (including phenoxy) is 4. The highest BCUT2D eigenvalue weighted by Gasteiger charge is 2.09. The second kappa shape index (κ2) is 32.8. The molecule has 0 bridgehead atoms. The Morgan fingerprint density at radius 3 is 0.800 bits per heavy atom. The monoisotopic (exact) mass is 765 g/mol. The lowest BCUT2D eigenvalue weighted by atomic mass is 10.0. The van der Waals surface area contributed by atoms with Crippen LogP contribution in [0.1, 0.15) is 198 Å². The van der Waals surface area contributed by atoms with Gasteiger partial charge in [0.05, 0.1) is 26.4 Å². The zero-order valence-corrected chi connectivity index (χ0v) is 35.2. The van der Waals surface area contributed by atoms with Crippen LogP contribution in [0.4, 0.5) is 0 Å². The van der Waals surface area contributed by atoms with E-state index in [4.69, 9.17) is 41.2 Å². The van der Waals surface area contributed by atoms with Gasteiger partial charge in [0.25, 0.3) is 0 Å². The van der Waals surface area contributed by atoms with Crippen LogP contribution in [0.15, 0.2) is 36.4 Å². The van der Waals surface area contributed by atoms with Gasteiger partial charge >= 0.3 is 0 Å².